The van der Waals surface area contributed by atoms with Gasteiger partial charge < -0.3 is 15.3 Å². The zero-order chi connectivity index (χ0) is 22.5. The third-order valence-electron chi connectivity index (χ3n) is 6.91. The van der Waals surface area contributed by atoms with Crippen molar-refractivity contribution in [1.29, 1.82) is 0 Å². The smallest absolute Gasteiger partial charge is 0.227 e. The highest BCUT2D eigenvalue weighted by molar-refractivity contribution is 7.87. The number of anilines is 2. The minimum atomic E-state index is -1.19. The van der Waals surface area contributed by atoms with E-state index in [4.69, 9.17) is 21.6 Å². The maximum absolute atomic E-state index is 13.2. The van der Waals surface area contributed by atoms with Crippen molar-refractivity contribution in [3.8, 4) is 0 Å². The molecular formula is C24H29ClN4O2S. The Morgan fingerprint density at radius 3 is 2.56 bits per heavy atom. The number of rotatable bonds is 5. The predicted octanol–water partition coefficient (Wildman–Crippen LogP) is 4.19. The summed E-state index contributed by atoms with van der Waals surface area (Å²) in [6.45, 7) is 5.61. The number of nitrogens with zero attached hydrogens (tertiary/aromatic N) is 3. The van der Waals surface area contributed by atoms with E-state index >= 15 is 0 Å². The minimum absolute atomic E-state index is 0.0496. The van der Waals surface area contributed by atoms with Gasteiger partial charge in [0.15, 0.2) is 0 Å². The molecule has 6 nitrogen and oxygen atoms in total. The lowest BCUT2D eigenvalue weighted by molar-refractivity contribution is 0.143. The van der Waals surface area contributed by atoms with E-state index in [9.17, 15) is 9.32 Å². The number of aliphatic hydroxyl groups excluding tert-OH is 1. The Labute approximate surface area is 196 Å². The topological polar surface area (TPSA) is 78.3 Å². The highest BCUT2D eigenvalue weighted by atomic mass is 35.5. The molecular weight excluding hydrogens is 444 g/mol. The van der Waals surface area contributed by atoms with Gasteiger partial charge in [-0.15, -0.1) is 0 Å². The van der Waals surface area contributed by atoms with Crippen LogP contribution in [0.5, 0.6) is 0 Å². The molecule has 2 aromatic rings. The average Bonchev–Trinajstić information content (AvgIpc) is 2.99. The minimum Gasteiger partial charge on any atom is -0.394 e. The third kappa shape index (κ3) is 3.84. The van der Waals surface area contributed by atoms with Crippen molar-refractivity contribution in [2.75, 3.05) is 29.9 Å². The molecule has 1 aliphatic carbocycles. The van der Waals surface area contributed by atoms with Crippen LogP contribution in [0.4, 0.5) is 11.8 Å². The first-order chi connectivity index (χ1) is 15.3. The van der Waals surface area contributed by atoms with Gasteiger partial charge in [-0.05, 0) is 62.8 Å². The summed E-state index contributed by atoms with van der Waals surface area (Å²) >= 11 is 6.03. The van der Waals surface area contributed by atoms with Crippen molar-refractivity contribution >= 4 is 39.7 Å². The fraction of sp³-hybridized carbons (Fsp3) is 0.500. The zero-order valence-corrected chi connectivity index (χ0v) is 20.1. The van der Waals surface area contributed by atoms with Gasteiger partial charge in [-0.3, -0.25) is 4.21 Å². The van der Waals surface area contributed by atoms with Crippen molar-refractivity contribution in [2.45, 2.75) is 61.1 Å². The van der Waals surface area contributed by atoms with Crippen LogP contribution in [0.3, 0.4) is 0 Å². The Balaban J connectivity index is 1.46. The standard InChI is InChI=1S/C24H29ClN4O2S/c1-23(2)14-19-20(32(23)31)21(28-24(15-30)10-3-11-24)27-22(26-19)29-12-8-17(9-13-29)16-4-6-18(25)7-5-16/h4-8,30H,3,9-15H2,1-2H3,(H,26,27,28). The van der Waals surface area contributed by atoms with E-state index in [1.54, 1.807) is 0 Å². The highest BCUT2D eigenvalue weighted by Gasteiger charge is 2.43. The first-order valence-electron chi connectivity index (χ1n) is 11.2. The molecule has 1 atom stereocenters. The molecule has 1 aromatic carbocycles. The summed E-state index contributed by atoms with van der Waals surface area (Å²) in [5.74, 6) is 1.30. The Bertz CT molecular complexity index is 1090. The van der Waals surface area contributed by atoms with Gasteiger partial charge >= 0.3 is 0 Å². The summed E-state index contributed by atoms with van der Waals surface area (Å²) in [4.78, 5) is 12.6. The molecule has 0 saturated heterocycles. The normalized spacial score (nSPS) is 23.3. The number of hydrogen-bond donors (Lipinski definition) is 2. The second kappa shape index (κ2) is 8.12. The number of fused-ring (bicyclic) bond motifs is 1. The molecule has 170 valence electrons. The number of nitrogens with one attached hydrogen (secondary N) is 1. The van der Waals surface area contributed by atoms with E-state index in [1.165, 1.54) is 11.1 Å². The van der Waals surface area contributed by atoms with E-state index in [1.807, 2.05) is 26.0 Å². The summed E-state index contributed by atoms with van der Waals surface area (Å²) in [5.41, 5.74) is 2.99. The Morgan fingerprint density at radius 2 is 1.97 bits per heavy atom. The highest BCUT2D eigenvalue weighted by Crippen LogP contribution is 2.42. The van der Waals surface area contributed by atoms with Crippen LogP contribution in [0.2, 0.25) is 5.02 Å². The maximum Gasteiger partial charge on any atom is 0.227 e. The molecule has 1 aromatic heterocycles. The third-order valence-corrected chi connectivity index (χ3v) is 9.11. The average molecular weight is 473 g/mol. The van der Waals surface area contributed by atoms with E-state index < -0.39 is 10.8 Å². The van der Waals surface area contributed by atoms with Gasteiger partial charge in [0, 0.05) is 24.5 Å². The molecule has 0 amide bonds. The monoisotopic (exact) mass is 472 g/mol. The van der Waals surface area contributed by atoms with Crippen LogP contribution in [-0.4, -0.2) is 49.3 Å². The van der Waals surface area contributed by atoms with Crippen LogP contribution >= 0.6 is 11.6 Å². The van der Waals surface area contributed by atoms with Crippen molar-refractivity contribution < 1.29 is 9.32 Å². The molecule has 2 aliphatic heterocycles. The molecule has 0 radical (unpaired) electrons. The van der Waals surface area contributed by atoms with Gasteiger partial charge in [-0.1, -0.05) is 29.8 Å². The quantitative estimate of drug-likeness (QED) is 0.679. The van der Waals surface area contributed by atoms with Crippen LogP contribution < -0.4 is 10.2 Å². The zero-order valence-electron chi connectivity index (χ0n) is 18.5. The number of benzene rings is 1. The number of halogens is 1. The van der Waals surface area contributed by atoms with E-state index in [2.05, 4.69) is 28.4 Å². The Hall–Kier alpha value is -1.96. The van der Waals surface area contributed by atoms with Gasteiger partial charge in [0.1, 0.15) is 10.7 Å². The van der Waals surface area contributed by atoms with Gasteiger partial charge in [0.2, 0.25) is 5.95 Å². The largest absolute Gasteiger partial charge is 0.394 e. The van der Waals surface area contributed by atoms with E-state index in [0.717, 1.165) is 42.9 Å². The van der Waals surface area contributed by atoms with Crippen LogP contribution in [0.25, 0.3) is 5.57 Å². The SMILES string of the molecule is CC1(C)Cc2nc(N3CC=C(c4ccc(Cl)cc4)CC3)nc(NC3(CO)CCC3)c2S1=O. The number of hydrogen-bond acceptors (Lipinski definition) is 6. The van der Waals surface area contributed by atoms with Crippen molar-refractivity contribution in [1.82, 2.24) is 9.97 Å². The molecule has 5 rings (SSSR count). The molecule has 0 spiro atoms. The Kier molecular flexibility index (Phi) is 5.55. The summed E-state index contributed by atoms with van der Waals surface area (Å²) < 4.78 is 12.9. The van der Waals surface area contributed by atoms with Crippen molar-refractivity contribution in [3.63, 3.8) is 0 Å². The van der Waals surface area contributed by atoms with Gasteiger partial charge in [-0.25, -0.2) is 4.98 Å². The van der Waals surface area contributed by atoms with E-state index in [-0.39, 0.29) is 16.9 Å². The molecule has 3 heterocycles. The molecule has 32 heavy (non-hydrogen) atoms. The molecule has 2 N–H and O–H groups in total. The summed E-state index contributed by atoms with van der Waals surface area (Å²) in [5, 5.41) is 14.2. The van der Waals surface area contributed by atoms with Gasteiger partial charge in [0.05, 0.1) is 33.4 Å². The Morgan fingerprint density at radius 1 is 1.22 bits per heavy atom. The molecule has 0 bridgehead atoms. The summed E-state index contributed by atoms with van der Waals surface area (Å²) in [7, 11) is -1.19. The summed E-state index contributed by atoms with van der Waals surface area (Å²) in [6, 6.07) is 7.96. The van der Waals surface area contributed by atoms with Crippen LogP contribution in [0.15, 0.2) is 35.2 Å². The molecule has 1 saturated carbocycles. The van der Waals surface area contributed by atoms with Gasteiger partial charge in [-0.2, -0.15) is 4.98 Å². The first-order valence-corrected chi connectivity index (χ1v) is 12.7. The lowest BCUT2D eigenvalue weighted by Crippen LogP contribution is -2.49. The lowest BCUT2D eigenvalue weighted by Gasteiger charge is -2.41. The fourth-order valence-electron chi connectivity index (χ4n) is 4.72. The van der Waals surface area contributed by atoms with Crippen molar-refractivity contribution in [2.24, 2.45) is 0 Å². The molecule has 1 unspecified atom stereocenters. The molecule has 1 fully saturated rings. The fourth-order valence-corrected chi connectivity index (χ4v) is 6.27. The lowest BCUT2D eigenvalue weighted by atomic mass is 9.77. The number of aromatic nitrogens is 2. The first kappa shape index (κ1) is 21.9. The summed E-state index contributed by atoms with van der Waals surface area (Å²) in [6.07, 6.45) is 6.63. The second-order valence-electron chi connectivity index (χ2n) is 9.70. The number of aliphatic hydroxyl groups is 1. The molecule has 8 heteroatoms. The van der Waals surface area contributed by atoms with Crippen molar-refractivity contribution in [3.05, 3.63) is 46.6 Å². The van der Waals surface area contributed by atoms with Crippen LogP contribution in [-0.2, 0) is 17.2 Å². The molecule has 3 aliphatic rings. The second-order valence-corrected chi connectivity index (χ2v) is 12.2. The van der Waals surface area contributed by atoms with E-state index in [0.29, 0.717) is 29.6 Å². The predicted molar refractivity (Wildman–Crippen MR) is 130 cm³/mol. The maximum atomic E-state index is 13.2. The van der Waals surface area contributed by atoms with Crippen LogP contribution in [0.1, 0.15) is 50.8 Å². The van der Waals surface area contributed by atoms with Crippen LogP contribution in [0, 0.1) is 0 Å². The van der Waals surface area contributed by atoms with Gasteiger partial charge in [0.25, 0.3) is 0 Å².